The van der Waals surface area contributed by atoms with Crippen molar-refractivity contribution in [2.45, 2.75) is 13.1 Å². The molecule has 0 aliphatic carbocycles. The molecule has 0 fully saturated rings. The van der Waals surface area contributed by atoms with Gasteiger partial charge in [0, 0.05) is 38.3 Å². The normalized spacial score (nSPS) is 11.0. The summed E-state index contributed by atoms with van der Waals surface area (Å²) in [5.41, 5.74) is 3.83. The molecule has 6 nitrogen and oxygen atoms in total. The predicted molar refractivity (Wildman–Crippen MR) is 168 cm³/mol. The minimum absolute atomic E-state index is 0.129. The molecular formula is C36H36N2O4. The number of carbonyl (C=O) groups excluding carboxylic acids is 2. The van der Waals surface area contributed by atoms with Gasteiger partial charge in [0.05, 0.1) is 14.2 Å². The molecule has 0 saturated carbocycles. The van der Waals surface area contributed by atoms with Crippen molar-refractivity contribution < 1.29 is 19.1 Å². The number of amides is 2. The van der Waals surface area contributed by atoms with E-state index in [0.29, 0.717) is 26.2 Å². The van der Waals surface area contributed by atoms with Crippen LogP contribution >= 0.6 is 0 Å². The molecule has 0 radical (unpaired) electrons. The minimum atomic E-state index is -0.129. The van der Waals surface area contributed by atoms with Gasteiger partial charge in [-0.1, -0.05) is 84.9 Å². The molecule has 214 valence electrons. The Morgan fingerprint density at radius 3 is 1.24 bits per heavy atom. The molecule has 0 aliphatic rings. The second-order valence-electron chi connectivity index (χ2n) is 9.70. The van der Waals surface area contributed by atoms with Crippen LogP contribution in [0.3, 0.4) is 0 Å². The van der Waals surface area contributed by atoms with Crippen molar-refractivity contribution in [1.29, 1.82) is 0 Å². The summed E-state index contributed by atoms with van der Waals surface area (Å²) in [4.78, 5) is 30.4. The first kappa shape index (κ1) is 29.9. The molecule has 0 saturated heterocycles. The third-order valence-corrected chi connectivity index (χ3v) is 6.76. The minimum Gasteiger partial charge on any atom is -0.497 e. The Morgan fingerprint density at radius 2 is 0.905 bits per heavy atom. The van der Waals surface area contributed by atoms with Crippen LogP contribution in [0.15, 0.2) is 121 Å². The van der Waals surface area contributed by atoms with Crippen LogP contribution in [0.25, 0.3) is 12.2 Å². The van der Waals surface area contributed by atoms with Crippen LogP contribution in [0.4, 0.5) is 0 Å². The van der Waals surface area contributed by atoms with E-state index in [1.807, 2.05) is 109 Å². The number of carbonyl (C=O) groups is 2. The van der Waals surface area contributed by atoms with Crippen LogP contribution in [0.1, 0.15) is 22.3 Å². The number of rotatable bonds is 13. The quantitative estimate of drug-likeness (QED) is 0.176. The van der Waals surface area contributed by atoms with Crippen LogP contribution in [0.2, 0.25) is 0 Å². The fraction of sp³-hybridized carbons (Fsp3) is 0.167. The van der Waals surface area contributed by atoms with Gasteiger partial charge in [-0.2, -0.15) is 0 Å². The highest BCUT2D eigenvalue weighted by Crippen LogP contribution is 2.15. The molecule has 0 bridgehead atoms. The summed E-state index contributed by atoms with van der Waals surface area (Å²) < 4.78 is 10.5. The van der Waals surface area contributed by atoms with Crippen LogP contribution in [0, 0.1) is 0 Å². The molecule has 6 heteroatoms. The summed E-state index contributed by atoms with van der Waals surface area (Å²) in [6, 6.07) is 34.8. The zero-order valence-corrected chi connectivity index (χ0v) is 24.1. The number of benzene rings is 4. The fourth-order valence-electron chi connectivity index (χ4n) is 4.36. The largest absolute Gasteiger partial charge is 0.497 e. The molecule has 4 rings (SSSR count). The van der Waals surface area contributed by atoms with E-state index >= 15 is 0 Å². The van der Waals surface area contributed by atoms with E-state index in [9.17, 15) is 9.59 Å². The lowest BCUT2D eigenvalue weighted by Crippen LogP contribution is -2.39. The van der Waals surface area contributed by atoms with Crippen molar-refractivity contribution in [2.75, 3.05) is 27.3 Å². The van der Waals surface area contributed by atoms with Crippen molar-refractivity contribution in [1.82, 2.24) is 9.80 Å². The highest BCUT2D eigenvalue weighted by atomic mass is 16.5. The van der Waals surface area contributed by atoms with Crippen LogP contribution in [-0.2, 0) is 22.7 Å². The molecule has 0 atom stereocenters. The van der Waals surface area contributed by atoms with Gasteiger partial charge in [-0.15, -0.1) is 0 Å². The van der Waals surface area contributed by atoms with Crippen LogP contribution in [-0.4, -0.2) is 48.9 Å². The molecule has 4 aromatic rings. The van der Waals surface area contributed by atoms with Gasteiger partial charge in [-0.3, -0.25) is 9.59 Å². The first-order chi connectivity index (χ1) is 20.5. The van der Waals surface area contributed by atoms with Gasteiger partial charge in [0.2, 0.25) is 11.8 Å². The van der Waals surface area contributed by atoms with E-state index in [0.717, 1.165) is 33.8 Å². The maximum Gasteiger partial charge on any atom is 0.246 e. The molecule has 0 unspecified atom stereocenters. The maximum absolute atomic E-state index is 13.4. The zero-order valence-electron chi connectivity index (χ0n) is 24.1. The standard InChI is InChI=1S/C36H36N2O4/c1-41-33-19-13-29(14-20-33)17-23-35(39)37(27-31-9-5-3-6-10-31)25-26-38(28-32-11-7-4-8-12-32)36(40)24-18-30-15-21-34(42-2)22-16-30/h3-24H,25-28H2,1-2H3. The Morgan fingerprint density at radius 1 is 0.548 bits per heavy atom. The number of methoxy groups -OCH3 is 2. The maximum atomic E-state index is 13.4. The summed E-state index contributed by atoms with van der Waals surface area (Å²) in [6.45, 7) is 1.61. The lowest BCUT2D eigenvalue weighted by atomic mass is 10.1. The van der Waals surface area contributed by atoms with E-state index in [-0.39, 0.29) is 11.8 Å². The Bertz CT molecular complexity index is 1350. The summed E-state index contributed by atoms with van der Waals surface area (Å²) in [7, 11) is 3.24. The summed E-state index contributed by atoms with van der Waals surface area (Å²) in [6.07, 6.45) is 6.75. The highest BCUT2D eigenvalue weighted by molar-refractivity contribution is 5.93. The van der Waals surface area contributed by atoms with Crippen molar-refractivity contribution in [2.24, 2.45) is 0 Å². The average molecular weight is 561 g/mol. The van der Waals surface area contributed by atoms with E-state index in [4.69, 9.17) is 9.47 Å². The number of ether oxygens (including phenoxy) is 2. The van der Waals surface area contributed by atoms with Crippen LogP contribution < -0.4 is 9.47 Å². The molecule has 0 N–H and O–H groups in total. The molecule has 4 aromatic carbocycles. The van der Waals surface area contributed by atoms with Gasteiger partial charge < -0.3 is 19.3 Å². The first-order valence-corrected chi connectivity index (χ1v) is 13.8. The molecule has 0 heterocycles. The van der Waals surface area contributed by atoms with E-state index in [1.54, 1.807) is 48.3 Å². The zero-order chi connectivity index (χ0) is 29.6. The fourth-order valence-corrected chi connectivity index (χ4v) is 4.36. The number of hydrogen-bond donors (Lipinski definition) is 0. The molecule has 0 aliphatic heterocycles. The Balaban J connectivity index is 1.51. The second kappa shape index (κ2) is 15.6. The van der Waals surface area contributed by atoms with Crippen molar-refractivity contribution >= 4 is 24.0 Å². The third-order valence-electron chi connectivity index (χ3n) is 6.76. The van der Waals surface area contributed by atoms with Gasteiger partial charge in [-0.05, 0) is 58.7 Å². The molecule has 2 amide bonds. The topological polar surface area (TPSA) is 59.1 Å². The van der Waals surface area contributed by atoms with Gasteiger partial charge in [0.1, 0.15) is 11.5 Å². The average Bonchev–Trinajstić information content (AvgIpc) is 3.05. The Kier molecular flexibility index (Phi) is 11.1. The van der Waals surface area contributed by atoms with Crippen molar-refractivity contribution in [3.05, 3.63) is 144 Å². The Labute approximate surface area is 248 Å². The van der Waals surface area contributed by atoms with E-state index < -0.39 is 0 Å². The highest BCUT2D eigenvalue weighted by Gasteiger charge is 2.17. The lowest BCUT2D eigenvalue weighted by Gasteiger charge is -2.27. The predicted octanol–water partition coefficient (Wildman–Crippen LogP) is 6.49. The summed E-state index contributed by atoms with van der Waals surface area (Å²) in [5.74, 6) is 1.26. The van der Waals surface area contributed by atoms with Gasteiger partial charge in [0.25, 0.3) is 0 Å². The molecule has 0 aromatic heterocycles. The van der Waals surface area contributed by atoms with E-state index in [2.05, 4.69) is 0 Å². The summed E-state index contributed by atoms with van der Waals surface area (Å²) in [5, 5.41) is 0. The first-order valence-electron chi connectivity index (χ1n) is 13.8. The second-order valence-corrected chi connectivity index (χ2v) is 9.70. The third kappa shape index (κ3) is 9.24. The molecular weight excluding hydrogens is 524 g/mol. The number of nitrogens with zero attached hydrogens (tertiary/aromatic N) is 2. The summed E-state index contributed by atoms with van der Waals surface area (Å²) >= 11 is 0. The monoisotopic (exact) mass is 560 g/mol. The smallest absolute Gasteiger partial charge is 0.246 e. The lowest BCUT2D eigenvalue weighted by molar-refractivity contribution is -0.130. The number of hydrogen-bond acceptors (Lipinski definition) is 4. The van der Waals surface area contributed by atoms with Crippen LogP contribution in [0.5, 0.6) is 11.5 Å². The molecule has 0 spiro atoms. The van der Waals surface area contributed by atoms with Gasteiger partial charge >= 0.3 is 0 Å². The Hall–Kier alpha value is -5.10. The van der Waals surface area contributed by atoms with Crippen molar-refractivity contribution in [3.63, 3.8) is 0 Å². The molecule has 42 heavy (non-hydrogen) atoms. The SMILES string of the molecule is COc1ccc(C=CC(=O)N(CCN(Cc2ccccc2)C(=O)C=Cc2ccc(OC)cc2)Cc2ccccc2)cc1. The van der Waals surface area contributed by atoms with Crippen molar-refractivity contribution in [3.8, 4) is 11.5 Å². The van der Waals surface area contributed by atoms with E-state index in [1.165, 1.54) is 0 Å². The van der Waals surface area contributed by atoms with Gasteiger partial charge in [-0.25, -0.2) is 0 Å². The van der Waals surface area contributed by atoms with Gasteiger partial charge in [0.15, 0.2) is 0 Å².